The third-order valence-corrected chi connectivity index (χ3v) is 1.69. The van der Waals surface area contributed by atoms with Gasteiger partial charge < -0.3 is 14.9 Å². The Kier molecular flexibility index (Phi) is 4.77. The number of carbonyl (C=O) groups is 1. The van der Waals surface area contributed by atoms with Gasteiger partial charge in [0, 0.05) is 6.08 Å². The summed E-state index contributed by atoms with van der Waals surface area (Å²) in [5.74, 6) is -9.53. The molecule has 0 bridgehead atoms. The molecule has 18 heavy (non-hydrogen) atoms. The SMILES string of the molecule is C=CC(=O)OC(O)(O)CC(C(F)(F)F)C(F)(F)F. The summed E-state index contributed by atoms with van der Waals surface area (Å²) >= 11 is 0. The first-order valence-electron chi connectivity index (χ1n) is 4.23. The zero-order valence-electron chi connectivity index (χ0n) is 8.55. The lowest BCUT2D eigenvalue weighted by molar-refractivity contribution is -0.363. The van der Waals surface area contributed by atoms with Crippen LogP contribution in [0.1, 0.15) is 6.42 Å². The van der Waals surface area contributed by atoms with E-state index in [-0.39, 0.29) is 0 Å². The van der Waals surface area contributed by atoms with Crippen molar-refractivity contribution in [2.24, 2.45) is 5.92 Å². The molecule has 106 valence electrons. The highest BCUT2D eigenvalue weighted by molar-refractivity contribution is 5.81. The van der Waals surface area contributed by atoms with Gasteiger partial charge in [0.05, 0.1) is 6.42 Å². The first-order chi connectivity index (χ1) is 7.79. The number of ether oxygens (including phenoxy) is 1. The van der Waals surface area contributed by atoms with Crippen molar-refractivity contribution >= 4 is 5.97 Å². The van der Waals surface area contributed by atoms with Gasteiger partial charge in [0.2, 0.25) is 0 Å². The molecule has 0 radical (unpaired) electrons. The zero-order chi connectivity index (χ0) is 14.8. The van der Waals surface area contributed by atoms with Crippen molar-refractivity contribution in [2.75, 3.05) is 0 Å². The summed E-state index contributed by atoms with van der Waals surface area (Å²) in [5, 5.41) is 17.6. The normalized spacial score (nSPS) is 13.6. The van der Waals surface area contributed by atoms with E-state index >= 15 is 0 Å². The second kappa shape index (κ2) is 5.14. The van der Waals surface area contributed by atoms with Crippen molar-refractivity contribution in [3.63, 3.8) is 0 Å². The van der Waals surface area contributed by atoms with Crippen LogP contribution in [0.15, 0.2) is 12.7 Å². The van der Waals surface area contributed by atoms with Crippen LogP contribution in [0.3, 0.4) is 0 Å². The molecule has 4 nitrogen and oxygen atoms in total. The molecule has 0 saturated carbocycles. The predicted octanol–water partition coefficient (Wildman–Crippen LogP) is 1.48. The molecule has 0 aromatic rings. The lowest BCUT2D eigenvalue weighted by atomic mass is 10.0. The Morgan fingerprint density at radius 1 is 1.17 bits per heavy atom. The van der Waals surface area contributed by atoms with Gasteiger partial charge >= 0.3 is 24.3 Å². The number of esters is 1. The number of hydrogen-bond donors (Lipinski definition) is 2. The van der Waals surface area contributed by atoms with Crippen LogP contribution in [0.25, 0.3) is 0 Å². The van der Waals surface area contributed by atoms with Crippen LogP contribution in [0.2, 0.25) is 0 Å². The minimum Gasteiger partial charge on any atom is -0.405 e. The maximum atomic E-state index is 12.1. The standard InChI is InChI=1S/C8H8F6O4/c1-2-5(15)18-6(16,17)3-4(7(9,10)11)8(12,13)14/h2,4,16-17H,1,3H2. The largest absolute Gasteiger partial charge is 0.405 e. The molecule has 0 fully saturated rings. The van der Waals surface area contributed by atoms with Crippen molar-refractivity contribution < 1.29 is 46.1 Å². The van der Waals surface area contributed by atoms with Crippen LogP contribution in [-0.2, 0) is 9.53 Å². The molecule has 0 saturated heterocycles. The summed E-state index contributed by atoms with van der Waals surface area (Å²) < 4.78 is 75.9. The van der Waals surface area contributed by atoms with E-state index < -0.39 is 36.6 Å². The topological polar surface area (TPSA) is 66.8 Å². The number of aliphatic hydroxyl groups is 2. The highest BCUT2D eigenvalue weighted by Crippen LogP contribution is 2.43. The number of rotatable bonds is 4. The van der Waals surface area contributed by atoms with Crippen LogP contribution in [0.5, 0.6) is 0 Å². The van der Waals surface area contributed by atoms with Crippen LogP contribution in [0.4, 0.5) is 26.3 Å². The summed E-state index contributed by atoms with van der Waals surface area (Å²) in [6, 6.07) is 0. The van der Waals surface area contributed by atoms with E-state index in [9.17, 15) is 31.1 Å². The molecule has 0 atom stereocenters. The fraction of sp³-hybridized carbons (Fsp3) is 0.625. The fourth-order valence-corrected chi connectivity index (χ4v) is 0.927. The van der Waals surface area contributed by atoms with Gasteiger partial charge in [-0.2, -0.15) is 26.3 Å². The average molecular weight is 282 g/mol. The summed E-state index contributed by atoms with van der Waals surface area (Å²) in [6.07, 6.45) is -13.5. The maximum absolute atomic E-state index is 12.1. The van der Waals surface area contributed by atoms with Gasteiger partial charge in [0.25, 0.3) is 0 Å². The zero-order valence-corrected chi connectivity index (χ0v) is 8.55. The van der Waals surface area contributed by atoms with Gasteiger partial charge in [0.15, 0.2) is 5.92 Å². The summed E-state index contributed by atoms with van der Waals surface area (Å²) in [6.45, 7) is 2.78. The van der Waals surface area contributed by atoms with Crippen molar-refractivity contribution in [3.05, 3.63) is 12.7 Å². The first-order valence-corrected chi connectivity index (χ1v) is 4.23. The Bertz CT molecular complexity index is 305. The van der Waals surface area contributed by atoms with Crippen molar-refractivity contribution in [1.29, 1.82) is 0 Å². The van der Waals surface area contributed by atoms with E-state index in [1.807, 2.05) is 0 Å². The third kappa shape index (κ3) is 5.36. The van der Waals surface area contributed by atoms with Crippen molar-refractivity contribution in [3.8, 4) is 0 Å². The van der Waals surface area contributed by atoms with Gasteiger partial charge in [-0.3, -0.25) is 0 Å². The second-order valence-corrected chi connectivity index (χ2v) is 3.21. The van der Waals surface area contributed by atoms with E-state index in [1.54, 1.807) is 0 Å². The Morgan fingerprint density at radius 2 is 1.56 bits per heavy atom. The third-order valence-electron chi connectivity index (χ3n) is 1.69. The van der Waals surface area contributed by atoms with E-state index in [2.05, 4.69) is 11.3 Å². The molecular formula is C8H8F6O4. The van der Waals surface area contributed by atoms with Gasteiger partial charge in [0.1, 0.15) is 0 Å². The molecule has 0 unspecified atom stereocenters. The Hall–Kier alpha value is -1.29. The number of halogens is 6. The van der Waals surface area contributed by atoms with Gasteiger partial charge in [-0.05, 0) is 0 Å². The van der Waals surface area contributed by atoms with Crippen LogP contribution >= 0.6 is 0 Å². The monoisotopic (exact) mass is 282 g/mol. The first kappa shape index (κ1) is 16.7. The second-order valence-electron chi connectivity index (χ2n) is 3.21. The van der Waals surface area contributed by atoms with Gasteiger partial charge in [-0.25, -0.2) is 4.79 Å². The number of carbonyl (C=O) groups excluding carboxylic acids is 1. The Labute approximate surface area is 96.5 Å². The molecule has 10 heteroatoms. The average Bonchev–Trinajstić information content (AvgIpc) is 2.10. The molecule has 0 aliphatic rings. The molecule has 0 heterocycles. The minimum atomic E-state index is -5.77. The highest BCUT2D eigenvalue weighted by Gasteiger charge is 2.59. The van der Waals surface area contributed by atoms with E-state index in [4.69, 9.17) is 10.2 Å². The van der Waals surface area contributed by atoms with Crippen LogP contribution in [-0.4, -0.2) is 34.5 Å². The summed E-state index contributed by atoms with van der Waals surface area (Å²) in [7, 11) is 0. The molecule has 0 aromatic carbocycles. The molecule has 0 aromatic heterocycles. The predicted molar refractivity (Wildman–Crippen MR) is 43.7 cm³/mol. The minimum absolute atomic E-state index is 0.345. The summed E-state index contributed by atoms with van der Waals surface area (Å²) in [4.78, 5) is 10.5. The lowest BCUT2D eigenvalue weighted by Crippen LogP contribution is -2.45. The van der Waals surface area contributed by atoms with Crippen LogP contribution < -0.4 is 0 Å². The molecule has 0 aliphatic carbocycles. The summed E-state index contributed by atoms with van der Waals surface area (Å²) in [5.41, 5.74) is 0. The maximum Gasteiger partial charge on any atom is 0.400 e. The van der Waals surface area contributed by atoms with Gasteiger partial charge in [-0.15, -0.1) is 0 Å². The van der Waals surface area contributed by atoms with E-state index in [0.717, 1.165) is 0 Å². The van der Waals surface area contributed by atoms with Crippen LogP contribution in [0, 0.1) is 5.92 Å². The molecular weight excluding hydrogens is 274 g/mol. The Morgan fingerprint density at radius 3 is 1.83 bits per heavy atom. The van der Waals surface area contributed by atoms with Gasteiger partial charge in [-0.1, -0.05) is 6.58 Å². The number of hydrogen-bond acceptors (Lipinski definition) is 4. The van der Waals surface area contributed by atoms with E-state index in [0.29, 0.717) is 6.08 Å². The highest BCUT2D eigenvalue weighted by atomic mass is 19.4. The molecule has 0 amide bonds. The van der Waals surface area contributed by atoms with Crippen molar-refractivity contribution in [2.45, 2.75) is 24.7 Å². The molecule has 0 aliphatic heterocycles. The fourth-order valence-electron chi connectivity index (χ4n) is 0.927. The smallest absolute Gasteiger partial charge is 0.400 e. The van der Waals surface area contributed by atoms with Crippen molar-refractivity contribution in [1.82, 2.24) is 0 Å². The molecule has 2 N–H and O–H groups in total. The molecule has 0 spiro atoms. The lowest BCUT2D eigenvalue weighted by Gasteiger charge is -2.28. The number of alkyl halides is 6. The molecule has 0 rings (SSSR count). The van der Waals surface area contributed by atoms with E-state index in [1.165, 1.54) is 0 Å². The quantitative estimate of drug-likeness (QED) is 0.355. The Balaban J connectivity index is 5.00.